The fraction of sp³-hybridized carbons (Fsp3) is 0.692. The van der Waals surface area contributed by atoms with Gasteiger partial charge < -0.3 is 4.74 Å². The van der Waals surface area contributed by atoms with Gasteiger partial charge in [-0.25, -0.2) is 13.1 Å². The minimum atomic E-state index is -3.47. The second-order valence-corrected chi connectivity index (χ2v) is 10.1. The van der Waals surface area contributed by atoms with Crippen LogP contribution in [0.5, 0.6) is 0 Å². The van der Waals surface area contributed by atoms with Crippen molar-refractivity contribution in [3.05, 3.63) is 14.7 Å². The molecule has 0 amide bonds. The molecule has 0 atom stereocenters. The van der Waals surface area contributed by atoms with Gasteiger partial charge in [-0.1, -0.05) is 0 Å². The zero-order valence-corrected chi connectivity index (χ0v) is 15.7. The maximum atomic E-state index is 12.4. The Morgan fingerprint density at radius 3 is 2.57 bits per heavy atom. The van der Waals surface area contributed by atoms with Gasteiger partial charge in [-0.15, -0.1) is 11.3 Å². The average Bonchev–Trinajstić information content (AvgIpc) is 2.78. The number of halogens is 1. The summed E-state index contributed by atoms with van der Waals surface area (Å²) in [4.78, 5) is 3.41. The van der Waals surface area contributed by atoms with Gasteiger partial charge in [0.2, 0.25) is 10.0 Å². The highest BCUT2D eigenvalue weighted by atomic mass is 79.9. The van der Waals surface area contributed by atoms with E-state index < -0.39 is 10.0 Å². The van der Waals surface area contributed by atoms with Crippen molar-refractivity contribution in [1.82, 2.24) is 9.62 Å². The SMILES string of the molecule is Cc1sc(Br)cc1S(=O)(=O)NCC(C)(C)N1CCOCC1. The summed E-state index contributed by atoms with van der Waals surface area (Å²) < 4.78 is 33.8. The van der Waals surface area contributed by atoms with Gasteiger partial charge in [0, 0.05) is 30.1 Å². The molecule has 5 nitrogen and oxygen atoms in total. The first kappa shape index (κ1) is 17.4. The number of ether oxygens (including phenoxy) is 1. The molecule has 0 bridgehead atoms. The average molecular weight is 397 g/mol. The van der Waals surface area contributed by atoms with Crippen molar-refractivity contribution in [3.8, 4) is 0 Å². The summed E-state index contributed by atoms with van der Waals surface area (Å²) in [5.74, 6) is 0. The molecule has 0 aliphatic carbocycles. The molecule has 1 saturated heterocycles. The molecule has 1 aromatic rings. The summed E-state index contributed by atoms with van der Waals surface area (Å²) in [5.41, 5.74) is -0.238. The predicted molar refractivity (Wildman–Crippen MR) is 88.4 cm³/mol. The first-order valence-corrected chi connectivity index (χ1v) is 9.90. The molecule has 2 rings (SSSR count). The molecule has 8 heteroatoms. The van der Waals surface area contributed by atoms with E-state index in [1.165, 1.54) is 11.3 Å². The number of rotatable bonds is 5. The van der Waals surface area contributed by atoms with Crippen LogP contribution in [-0.4, -0.2) is 51.7 Å². The fourth-order valence-corrected chi connectivity index (χ4v) is 5.94. The highest BCUT2D eigenvalue weighted by molar-refractivity contribution is 9.11. The van der Waals surface area contributed by atoms with Crippen LogP contribution in [0.3, 0.4) is 0 Å². The number of aryl methyl sites for hydroxylation is 1. The topological polar surface area (TPSA) is 58.6 Å². The Labute approximate surface area is 138 Å². The van der Waals surface area contributed by atoms with Gasteiger partial charge in [0.05, 0.1) is 21.9 Å². The Bertz CT molecular complexity index is 593. The zero-order valence-electron chi connectivity index (χ0n) is 12.5. The summed E-state index contributed by atoms with van der Waals surface area (Å²) >= 11 is 4.76. The van der Waals surface area contributed by atoms with E-state index in [9.17, 15) is 8.42 Å². The number of thiophene rings is 1. The van der Waals surface area contributed by atoms with Crippen LogP contribution in [0.4, 0.5) is 0 Å². The molecule has 0 radical (unpaired) electrons. The Balaban J connectivity index is 2.05. The zero-order chi connectivity index (χ0) is 15.7. The molecule has 21 heavy (non-hydrogen) atoms. The van der Waals surface area contributed by atoms with Gasteiger partial charge in [0.15, 0.2) is 0 Å². The molecule has 120 valence electrons. The van der Waals surface area contributed by atoms with Crippen LogP contribution in [-0.2, 0) is 14.8 Å². The fourth-order valence-electron chi connectivity index (χ4n) is 2.33. The monoisotopic (exact) mass is 396 g/mol. The molecule has 2 heterocycles. The second-order valence-electron chi connectivity index (χ2n) is 5.71. The lowest BCUT2D eigenvalue weighted by atomic mass is 10.0. The van der Waals surface area contributed by atoms with Crippen molar-refractivity contribution in [2.75, 3.05) is 32.8 Å². The van der Waals surface area contributed by atoms with Crippen LogP contribution < -0.4 is 4.72 Å². The van der Waals surface area contributed by atoms with Crippen molar-refractivity contribution in [2.24, 2.45) is 0 Å². The molecule has 1 aromatic heterocycles. The first-order valence-electron chi connectivity index (χ1n) is 6.81. The Morgan fingerprint density at radius 1 is 1.43 bits per heavy atom. The molecular formula is C13H21BrN2O3S2. The molecule has 0 aromatic carbocycles. The summed E-state index contributed by atoms with van der Waals surface area (Å²) in [6.07, 6.45) is 0. The molecule has 0 spiro atoms. The number of nitrogens with zero attached hydrogens (tertiary/aromatic N) is 1. The maximum Gasteiger partial charge on any atom is 0.241 e. The molecule has 0 saturated carbocycles. The van der Waals surface area contributed by atoms with E-state index in [1.54, 1.807) is 6.07 Å². The third kappa shape index (κ3) is 4.27. The number of hydrogen-bond acceptors (Lipinski definition) is 5. The minimum absolute atomic E-state index is 0.238. The van der Waals surface area contributed by atoms with Crippen LogP contribution in [0.15, 0.2) is 14.7 Å². The van der Waals surface area contributed by atoms with E-state index in [2.05, 4.69) is 39.4 Å². The van der Waals surface area contributed by atoms with Crippen molar-refractivity contribution >= 4 is 37.3 Å². The number of morpholine rings is 1. The van der Waals surface area contributed by atoms with Crippen molar-refractivity contribution in [1.29, 1.82) is 0 Å². The summed E-state index contributed by atoms with van der Waals surface area (Å²) in [7, 11) is -3.47. The van der Waals surface area contributed by atoms with Gasteiger partial charge in [-0.05, 0) is 42.8 Å². The normalized spacial score (nSPS) is 18.1. The van der Waals surface area contributed by atoms with Gasteiger partial charge in [-0.3, -0.25) is 4.90 Å². The minimum Gasteiger partial charge on any atom is -0.379 e. The van der Waals surface area contributed by atoms with Crippen molar-refractivity contribution < 1.29 is 13.2 Å². The van der Waals surface area contributed by atoms with Gasteiger partial charge in [0.25, 0.3) is 0 Å². The van der Waals surface area contributed by atoms with Crippen molar-refractivity contribution in [2.45, 2.75) is 31.2 Å². The summed E-state index contributed by atoms with van der Waals surface area (Å²) in [6, 6.07) is 1.66. The third-order valence-corrected chi connectivity index (χ3v) is 6.90. The van der Waals surface area contributed by atoms with Crippen LogP contribution in [0, 0.1) is 6.92 Å². The van der Waals surface area contributed by atoms with E-state index in [1.807, 2.05) is 6.92 Å². The predicted octanol–water partition coefficient (Wildman–Crippen LogP) is 2.21. The molecule has 1 aliphatic heterocycles. The Hall–Kier alpha value is 0.01000. The van der Waals surface area contributed by atoms with Gasteiger partial charge in [-0.2, -0.15) is 0 Å². The standard InChI is InChI=1S/C13H21BrN2O3S2/c1-10-11(8-12(14)20-10)21(17,18)15-9-13(2,3)16-4-6-19-7-5-16/h8,15H,4-7,9H2,1-3H3. The number of nitrogens with one attached hydrogen (secondary N) is 1. The van der Waals surface area contributed by atoms with E-state index >= 15 is 0 Å². The maximum absolute atomic E-state index is 12.4. The van der Waals surface area contributed by atoms with Gasteiger partial charge in [0.1, 0.15) is 0 Å². The number of hydrogen-bond donors (Lipinski definition) is 1. The Morgan fingerprint density at radius 2 is 2.05 bits per heavy atom. The largest absolute Gasteiger partial charge is 0.379 e. The number of sulfonamides is 1. The lowest BCUT2D eigenvalue weighted by Crippen LogP contribution is -2.55. The van der Waals surface area contributed by atoms with Crippen LogP contribution in [0.1, 0.15) is 18.7 Å². The molecular weight excluding hydrogens is 376 g/mol. The quantitative estimate of drug-likeness (QED) is 0.828. The third-order valence-electron chi connectivity index (χ3n) is 3.69. The summed E-state index contributed by atoms with van der Waals surface area (Å²) in [6.45, 7) is 9.36. The first-order chi connectivity index (χ1) is 9.72. The molecule has 1 N–H and O–H groups in total. The lowest BCUT2D eigenvalue weighted by molar-refractivity contribution is -0.00803. The summed E-state index contributed by atoms with van der Waals surface area (Å²) in [5, 5.41) is 0. The van der Waals surface area contributed by atoms with Crippen LogP contribution >= 0.6 is 27.3 Å². The molecule has 0 unspecified atom stereocenters. The molecule has 1 aliphatic rings. The second kappa shape index (κ2) is 6.64. The van der Waals surface area contributed by atoms with Gasteiger partial charge >= 0.3 is 0 Å². The van der Waals surface area contributed by atoms with E-state index in [0.717, 1.165) is 21.8 Å². The van der Waals surface area contributed by atoms with Crippen LogP contribution in [0.25, 0.3) is 0 Å². The van der Waals surface area contributed by atoms with Crippen LogP contribution in [0.2, 0.25) is 0 Å². The lowest BCUT2D eigenvalue weighted by Gasteiger charge is -2.40. The smallest absolute Gasteiger partial charge is 0.241 e. The van der Waals surface area contributed by atoms with E-state index in [-0.39, 0.29) is 5.54 Å². The highest BCUT2D eigenvalue weighted by Gasteiger charge is 2.30. The highest BCUT2D eigenvalue weighted by Crippen LogP contribution is 2.29. The Kier molecular flexibility index (Phi) is 5.49. The van der Waals surface area contributed by atoms with E-state index in [4.69, 9.17) is 4.74 Å². The van der Waals surface area contributed by atoms with Crippen molar-refractivity contribution in [3.63, 3.8) is 0 Å². The molecule has 1 fully saturated rings. The van der Waals surface area contributed by atoms with E-state index in [0.29, 0.717) is 24.7 Å².